The average Bonchev–Trinajstić information content (AvgIpc) is 2.60. The number of nitrogens with one attached hydrogen (secondary N) is 1. The standard InChI is InChI=1S/C19H30N2O3/c1-15(13-21-9-4-3-5-10-21)12-20-19(23)16(2)24-18-8-6-7-17(11-18)14-22/h6-8,11,15-16,22H,3-5,9-10,12-14H2,1-2H3,(H,20,23). The van der Waals surface area contributed by atoms with Crippen molar-refractivity contribution in [3.8, 4) is 5.75 Å². The normalized spacial score (nSPS) is 18.0. The topological polar surface area (TPSA) is 61.8 Å². The van der Waals surface area contributed by atoms with Crippen LogP contribution in [0.25, 0.3) is 0 Å². The van der Waals surface area contributed by atoms with Gasteiger partial charge in [-0.05, 0) is 56.5 Å². The number of ether oxygens (including phenoxy) is 1. The molecule has 1 amide bonds. The van der Waals surface area contributed by atoms with Gasteiger partial charge in [0.1, 0.15) is 5.75 Å². The first-order valence-electron chi connectivity index (χ1n) is 8.95. The number of carbonyl (C=O) groups excluding carboxylic acids is 1. The molecule has 0 saturated carbocycles. The van der Waals surface area contributed by atoms with Gasteiger partial charge in [0.15, 0.2) is 6.10 Å². The molecular formula is C19H30N2O3. The Morgan fingerprint density at radius 3 is 2.75 bits per heavy atom. The van der Waals surface area contributed by atoms with Gasteiger partial charge in [0.2, 0.25) is 0 Å². The molecule has 2 N–H and O–H groups in total. The van der Waals surface area contributed by atoms with Crippen molar-refractivity contribution < 1.29 is 14.6 Å². The van der Waals surface area contributed by atoms with Crippen LogP contribution in [0.15, 0.2) is 24.3 Å². The lowest BCUT2D eigenvalue weighted by molar-refractivity contribution is -0.127. The number of likely N-dealkylation sites (tertiary alicyclic amines) is 1. The van der Waals surface area contributed by atoms with Crippen LogP contribution >= 0.6 is 0 Å². The van der Waals surface area contributed by atoms with Crippen molar-refractivity contribution in [3.63, 3.8) is 0 Å². The Kier molecular flexibility index (Phi) is 7.53. The monoisotopic (exact) mass is 334 g/mol. The van der Waals surface area contributed by atoms with Gasteiger partial charge < -0.3 is 20.1 Å². The van der Waals surface area contributed by atoms with Gasteiger partial charge in [-0.3, -0.25) is 4.79 Å². The fourth-order valence-electron chi connectivity index (χ4n) is 3.04. The number of aliphatic hydroxyl groups is 1. The zero-order chi connectivity index (χ0) is 17.4. The third-order valence-electron chi connectivity index (χ3n) is 4.41. The second-order valence-electron chi connectivity index (χ2n) is 6.78. The molecule has 0 bridgehead atoms. The third-order valence-corrected chi connectivity index (χ3v) is 4.41. The zero-order valence-corrected chi connectivity index (χ0v) is 14.8. The van der Waals surface area contributed by atoms with Crippen molar-refractivity contribution >= 4 is 5.91 Å². The molecule has 0 spiro atoms. The first-order chi connectivity index (χ1) is 11.6. The summed E-state index contributed by atoms with van der Waals surface area (Å²) in [5.41, 5.74) is 0.773. The van der Waals surface area contributed by atoms with Crippen molar-refractivity contribution in [3.05, 3.63) is 29.8 Å². The number of benzene rings is 1. The van der Waals surface area contributed by atoms with Crippen LogP contribution in [0.2, 0.25) is 0 Å². The lowest BCUT2D eigenvalue weighted by atomic mass is 10.1. The number of nitrogens with zero attached hydrogens (tertiary/aromatic N) is 1. The molecular weight excluding hydrogens is 304 g/mol. The minimum absolute atomic E-state index is 0.0359. The molecule has 1 aliphatic heterocycles. The highest BCUT2D eigenvalue weighted by atomic mass is 16.5. The maximum absolute atomic E-state index is 12.2. The van der Waals surface area contributed by atoms with Gasteiger partial charge in [-0.1, -0.05) is 25.5 Å². The summed E-state index contributed by atoms with van der Waals surface area (Å²) in [7, 11) is 0. The van der Waals surface area contributed by atoms with Crippen molar-refractivity contribution in [2.24, 2.45) is 5.92 Å². The van der Waals surface area contributed by atoms with Crippen LogP contribution in [0.3, 0.4) is 0 Å². The van der Waals surface area contributed by atoms with E-state index in [1.807, 2.05) is 12.1 Å². The van der Waals surface area contributed by atoms with E-state index in [1.165, 1.54) is 32.4 Å². The first kappa shape index (κ1) is 18.7. The SMILES string of the molecule is CC(CNC(=O)C(C)Oc1cccc(CO)c1)CN1CCCCC1. The van der Waals surface area contributed by atoms with Crippen LogP contribution in [-0.4, -0.2) is 48.2 Å². The van der Waals surface area contributed by atoms with Gasteiger partial charge in [-0.25, -0.2) is 0 Å². The molecule has 1 heterocycles. The van der Waals surface area contributed by atoms with E-state index >= 15 is 0 Å². The van der Waals surface area contributed by atoms with Gasteiger partial charge in [-0.2, -0.15) is 0 Å². The van der Waals surface area contributed by atoms with Crippen molar-refractivity contribution in [2.75, 3.05) is 26.2 Å². The molecule has 1 aliphatic rings. The molecule has 1 aromatic rings. The van der Waals surface area contributed by atoms with E-state index in [-0.39, 0.29) is 12.5 Å². The summed E-state index contributed by atoms with van der Waals surface area (Å²) in [6.45, 7) is 7.94. The summed E-state index contributed by atoms with van der Waals surface area (Å²) in [5.74, 6) is 0.928. The number of carbonyl (C=O) groups is 1. The summed E-state index contributed by atoms with van der Waals surface area (Å²) in [4.78, 5) is 14.7. The Bertz CT molecular complexity index is 515. The van der Waals surface area contributed by atoms with E-state index in [2.05, 4.69) is 17.1 Å². The molecule has 2 unspecified atom stereocenters. The molecule has 5 heteroatoms. The van der Waals surface area contributed by atoms with Crippen molar-refractivity contribution in [2.45, 2.75) is 45.8 Å². The molecule has 1 aromatic carbocycles. The van der Waals surface area contributed by atoms with Crippen LogP contribution < -0.4 is 10.1 Å². The number of amides is 1. The molecule has 1 saturated heterocycles. The smallest absolute Gasteiger partial charge is 0.260 e. The van der Waals surface area contributed by atoms with Gasteiger partial charge in [0.05, 0.1) is 6.61 Å². The minimum Gasteiger partial charge on any atom is -0.481 e. The lowest BCUT2D eigenvalue weighted by Crippen LogP contribution is -2.41. The molecule has 5 nitrogen and oxygen atoms in total. The number of hydrogen-bond donors (Lipinski definition) is 2. The minimum atomic E-state index is -0.555. The first-order valence-corrected chi connectivity index (χ1v) is 8.95. The number of aliphatic hydroxyl groups excluding tert-OH is 1. The third kappa shape index (κ3) is 6.13. The molecule has 1 fully saturated rings. The zero-order valence-electron chi connectivity index (χ0n) is 14.8. The molecule has 134 valence electrons. The van der Waals surface area contributed by atoms with Crippen LogP contribution in [0.4, 0.5) is 0 Å². The molecule has 0 radical (unpaired) electrons. The van der Waals surface area contributed by atoms with E-state index in [1.54, 1.807) is 19.1 Å². The van der Waals surface area contributed by atoms with Crippen LogP contribution in [0.1, 0.15) is 38.7 Å². The summed E-state index contributed by atoms with van der Waals surface area (Å²) in [5, 5.41) is 12.1. The van der Waals surface area contributed by atoms with E-state index in [4.69, 9.17) is 9.84 Å². The molecule has 24 heavy (non-hydrogen) atoms. The maximum atomic E-state index is 12.2. The number of rotatable bonds is 8. The van der Waals surface area contributed by atoms with Crippen molar-refractivity contribution in [1.29, 1.82) is 0 Å². The second-order valence-corrected chi connectivity index (χ2v) is 6.78. The van der Waals surface area contributed by atoms with Crippen molar-refractivity contribution in [1.82, 2.24) is 10.2 Å². The highest BCUT2D eigenvalue weighted by Crippen LogP contribution is 2.15. The van der Waals surface area contributed by atoms with E-state index in [0.717, 1.165) is 12.1 Å². The lowest BCUT2D eigenvalue weighted by Gasteiger charge is -2.29. The fraction of sp³-hybridized carbons (Fsp3) is 0.632. The highest BCUT2D eigenvalue weighted by Gasteiger charge is 2.17. The Balaban J connectivity index is 1.72. The van der Waals surface area contributed by atoms with E-state index in [0.29, 0.717) is 18.2 Å². The molecule has 2 rings (SSSR count). The fourth-order valence-corrected chi connectivity index (χ4v) is 3.04. The quantitative estimate of drug-likeness (QED) is 0.765. The largest absolute Gasteiger partial charge is 0.481 e. The van der Waals surface area contributed by atoms with Crippen LogP contribution in [0.5, 0.6) is 5.75 Å². The predicted octanol–water partition coefficient (Wildman–Crippen LogP) is 2.18. The highest BCUT2D eigenvalue weighted by molar-refractivity contribution is 5.80. The van der Waals surface area contributed by atoms with Gasteiger partial charge in [-0.15, -0.1) is 0 Å². The Hall–Kier alpha value is -1.59. The Labute approximate surface area is 145 Å². The van der Waals surface area contributed by atoms with Gasteiger partial charge >= 0.3 is 0 Å². The summed E-state index contributed by atoms with van der Waals surface area (Å²) >= 11 is 0. The Morgan fingerprint density at radius 1 is 1.29 bits per heavy atom. The molecule has 0 aliphatic carbocycles. The van der Waals surface area contributed by atoms with Crippen LogP contribution in [0, 0.1) is 5.92 Å². The van der Waals surface area contributed by atoms with E-state index in [9.17, 15) is 4.79 Å². The van der Waals surface area contributed by atoms with Crippen LogP contribution in [-0.2, 0) is 11.4 Å². The number of piperidine rings is 1. The summed E-state index contributed by atoms with van der Waals surface area (Å²) in [6, 6.07) is 7.18. The summed E-state index contributed by atoms with van der Waals surface area (Å²) < 4.78 is 5.67. The van der Waals surface area contributed by atoms with Gasteiger partial charge in [0, 0.05) is 13.1 Å². The maximum Gasteiger partial charge on any atom is 0.260 e. The average molecular weight is 334 g/mol. The summed E-state index contributed by atoms with van der Waals surface area (Å²) in [6.07, 6.45) is 3.36. The number of hydrogen-bond acceptors (Lipinski definition) is 4. The molecule has 0 aromatic heterocycles. The van der Waals surface area contributed by atoms with Gasteiger partial charge in [0.25, 0.3) is 5.91 Å². The second kappa shape index (κ2) is 9.64. The Morgan fingerprint density at radius 2 is 2.04 bits per heavy atom. The molecule has 2 atom stereocenters. The van der Waals surface area contributed by atoms with E-state index < -0.39 is 6.10 Å². The predicted molar refractivity (Wildman–Crippen MR) is 94.9 cm³/mol.